The van der Waals surface area contributed by atoms with Gasteiger partial charge in [-0.2, -0.15) is 0 Å². The first-order valence-corrected chi connectivity index (χ1v) is 10.9. The molecule has 0 amide bonds. The van der Waals surface area contributed by atoms with Gasteiger partial charge in [0.05, 0.1) is 22.7 Å². The third-order valence-electron chi connectivity index (χ3n) is 4.76. The smallest absolute Gasteiger partial charge is 0.346 e. The van der Waals surface area contributed by atoms with E-state index in [0.717, 1.165) is 16.1 Å². The fourth-order valence-corrected chi connectivity index (χ4v) is 10.4. The number of thioether (sulfide) groups is 4. The summed E-state index contributed by atoms with van der Waals surface area (Å²) < 4.78 is 11.9. The van der Waals surface area contributed by atoms with E-state index < -0.39 is 11.9 Å². The van der Waals surface area contributed by atoms with Crippen molar-refractivity contribution in [3.8, 4) is 0 Å². The number of ether oxygens (including phenoxy) is 2. The van der Waals surface area contributed by atoms with Gasteiger partial charge in [0.25, 0.3) is 0 Å². The number of esters is 2. The highest BCUT2D eigenvalue weighted by molar-refractivity contribution is 8.33. The summed E-state index contributed by atoms with van der Waals surface area (Å²) in [6, 6.07) is 0. The number of hydrogen-bond acceptors (Lipinski definition) is 8. The van der Waals surface area contributed by atoms with Gasteiger partial charge in [-0.1, -0.05) is 23.5 Å². The Kier molecular flexibility index (Phi) is 4.45. The largest absolute Gasteiger partial charge is 0.465 e. The van der Waals surface area contributed by atoms with E-state index in [1.807, 2.05) is 23.5 Å². The third kappa shape index (κ3) is 2.65. The van der Waals surface area contributed by atoms with Gasteiger partial charge in [-0.3, -0.25) is 0 Å². The molecule has 4 rings (SSSR count). The normalized spacial score (nSPS) is 35.0. The van der Waals surface area contributed by atoms with E-state index in [9.17, 15) is 9.59 Å². The molecular formula is C15H16O4S4. The lowest BCUT2D eigenvalue weighted by Gasteiger charge is -2.21. The average molecular weight is 389 g/mol. The van der Waals surface area contributed by atoms with Crippen LogP contribution in [0.2, 0.25) is 0 Å². The number of rotatable bonds is 2. The van der Waals surface area contributed by atoms with Crippen molar-refractivity contribution >= 4 is 59.0 Å². The molecule has 4 aliphatic rings. The van der Waals surface area contributed by atoms with Gasteiger partial charge in [0.15, 0.2) is 0 Å². The van der Waals surface area contributed by atoms with Crippen LogP contribution in [0.15, 0.2) is 18.3 Å². The Morgan fingerprint density at radius 3 is 1.78 bits per heavy atom. The van der Waals surface area contributed by atoms with E-state index in [-0.39, 0.29) is 0 Å². The molecule has 0 aromatic rings. The molecule has 0 unspecified atom stereocenters. The van der Waals surface area contributed by atoms with Crippen molar-refractivity contribution < 1.29 is 19.1 Å². The van der Waals surface area contributed by atoms with E-state index in [4.69, 9.17) is 9.47 Å². The van der Waals surface area contributed by atoms with E-state index in [1.165, 1.54) is 61.2 Å². The molecule has 0 N–H and O–H groups in total. The van der Waals surface area contributed by atoms with Crippen molar-refractivity contribution in [1.82, 2.24) is 0 Å². The van der Waals surface area contributed by atoms with E-state index in [1.54, 1.807) is 0 Å². The van der Waals surface area contributed by atoms with Crippen LogP contribution in [0.4, 0.5) is 0 Å². The molecule has 2 aliphatic heterocycles. The molecule has 2 bridgehead atoms. The molecule has 2 aliphatic carbocycles. The lowest BCUT2D eigenvalue weighted by atomic mass is 10.00. The van der Waals surface area contributed by atoms with Crippen LogP contribution < -0.4 is 0 Å². The SMILES string of the molecule is COC(=O)C1=C(C(=O)OC)SC(=C2S[C@@H]3[C@H]4CC[C@H](C4)[C@@H]3S2)S1. The molecule has 8 heteroatoms. The molecule has 2 heterocycles. The van der Waals surface area contributed by atoms with Gasteiger partial charge < -0.3 is 9.47 Å². The Labute approximate surface area is 151 Å². The van der Waals surface area contributed by atoms with E-state index in [2.05, 4.69) is 0 Å². The van der Waals surface area contributed by atoms with Crippen LogP contribution in [0.1, 0.15) is 19.3 Å². The van der Waals surface area contributed by atoms with Crippen molar-refractivity contribution in [2.24, 2.45) is 11.8 Å². The number of carbonyl (C=O) groups is 2. The third-order valence-corrected chi connectivity index (χ3v) is 11.3. The second-order valence-corrected chi connectivity index (χ2v) is 10.9. The maximum absolute atomic E-state index is 12.0. The molecule has 4 atom stereocenters. The van der Waals surface area contributed by atoms with Gasteiger partial charge in [0, 0.05) is 10.5 Å². The van der Waals surface area contributed by atoms with Gasteiger partial charge in [-0.25, -0.2) is 9.59 Å². The Bertz CT molecular complexity index is 591. The predicted octanol–water partition coefficient (Wildman–Crippen LogP) is 3.80. The van der Waals surface area contributed by atoms with Gasteiger partial charge in [0.2, 0.25) is 0 Å². The quantitative estimate of drug-likeness (QED) is 0.662. The Balaban J connectivity index is 1.58. The summed E-state index contributed by atoms with van der Waals surface area (Å²) in [5.74, 6) is 0.772. The van der Waals surface area contributed by atoms with Crippen LogP contribution >= 0.6 is 47.0 Å². The van der Waals surface area contributed by atoms with Crippen LogP contribution in [-0.2, 0) is 19.1 Å². The zero-order chi connectivity index (χ0) is 16.1. The van der Waals surface area contributed by atoms with Crippen molar-refractivity contribution in [2.45, 2.75) is 29.8 Å². The summed E-state index contributed by atoms with van der Waals surface area (Å²) in [5.41, 5.74) is 0. The molecule has 2 saturated carbocycles. The van der Waals surface area contributed by atoms with Crippen molar-refractivity contribution in [1.29, 1.82) is 0 Å². The Morgan fingerprint density at radius 1 is 0.870 bits per heavy atom. The summed E-state index contributed by atoms with van der Waals surface area (Å²) in [4.78, 5) is 24.6. The predicted molar refractivity (Wildman–Crippen MR) is 96.9 cm³/mol. The molecule has 3 fully saturated rings. The number of carbonyl (C=O) groups excluding carboxylic acids is 2. The lowest BCUT2D eigenvalue weighted by molar-refractivity contribution is -0.138. The molecule has 1 saturated heterocycles. The zero-order valence-corrected chi connectivity index (χ0v) is 16.0. The van der Waals surface area contributed by atoms with Crippen LogP contribution in [0.25, 0.3) is 0 Å². The topological polar surface area (TPSA) is 52.6 Å². The molecule has 4 nitrogen and oxygen atoms in total. The van der Waals surface area contributed by atoms with Crippen molar-refractivity contribution in [3.05, 3.63) is 18.3 Å². The number of methoxy groups -OCH3 is 2. The fourth-order valence-electron chi connectivity index (χ4n) is 3.72. The number of hydrogen-bond donors (Lipinski definition) is 0. The molecule has 23 heavy (non-hydrogen) atoms. The Hall–Kier alpha value is -0.180. The van der Waals surface area contributed by atoms with Crippen molar-refractivity contribution in [3.63, 3.8) is 0 Å². The minimum Gasteiger partial charge on any atom is -0.465 e. The second kappa shape index (κ2) is 6.28. The highest BCUT2D eigenvalue weighted by atomic mass is 32.2. The monoisotopic (exact) mass is 388 g/mol. The molecule has 0 radical (unpaired) electrons. The molecule has 0 spiro atoms. The van der Waals surface area contributed by atoms with Crippen LogP contribution in [0.5, 0.6) is 0 Å². The van der Waals surface area contributed by atoms with Gasteiger partial charge in [-0.15, -0.1) is 23.5 Å². The zero-order valence-electron chi connectivity index (χ0n) is 12.7. The standard InChI is InChI=1S/C15H16O4S4/c1-18-12(16)10-11(13(17)19-2)23-15(22-10)14-20-8-6-3-4-7(5-6)9(8)21-14/h6-9H,3-5H2,1-2H3/t6-,7+,8+,9-. The second-order valence-electron chi connectivity index (χ2n) is 5.92. The maximum atomic E-state index is 12.0. The summed E-state index contributed by atoms with van der Waals surface area (Å²) >= 11 is 6.63. The summed E-state index contributed by atoms with van der Waals surface area (Å²) in [5, 5.41) is 1.43. The van der Waals surface area contributed by atoms with Crippen molar-refractivity contribution in [2.75, 3.05) is 14.2 Å². The minimum absolute atomic E-state index is 0.355. The molecule has 124 valence electrons. The molecule has 0 aromatic heterocycles. The average Bonchev–Trinajstić information content (AvgIpc) is 3.32. The van der Waals surface area contributed by atoms with Crippen LogP contribution in [0.3, 0.4) is 0 Å². The first kappa shape index (κ1) is 16.3. The minimum atomic E-state index is -0.466. The Morgan fingerprint density at radius 2 is 1.35 bits per heavy atom. The van der Waals surface area contributed by atoms with Crippen LogP contribution in [0, 0.1) is 11.8 Å². The molecular weight excluding hydrogens is 372 g/mol. The van der Waals surface area contributed by atoms with E-state index in [0.29, 0.717) is 20.3 Å². The fraction of sp³-hybridized carbons (Fsp3) is 0.600. The first-order chi connectivity index (χ1) is 11.1. The van der Waals surface area contributed by atoms with E-state index >= 15 is 0 Å². The maximum Gasteiger partial charge on any atom is 0.346 e. The van der Waals surface area contributed by atoms with Gasteiger partial charge >= 0.3 is 11.9 Å². The highest BCUT2D eigenvalue weighted by Gasteiger charge is 2.53. The first-order valence-electron chi connectivity index (χ1n) is 7.46. The number of fused-ring (bicyclic) bond motifs is 5. The summed E-state index contributed by atoms with van der Waals surface area (Å²) in [6.07, 6.45) is 4.11. The summed E-state index contributed by atoms with van der Waals surface area (Å²) in [7, 11) is 2.67. The molecule has 0 aromatic carbocycles. The van der Waals surface area contributed by atoms with Gasteiger partial charge in [-0.05, 0) is 31.1 Å². The van der Waals surface area contributed by atoms with Gasteiger partial charge in [0.1, 0.15) is 9.81 Å². The summed E-state index contributed by atoms with van der Waals surface area (Å²) in [6.45, 7) is 0. The lowest BCUT2D eigenvalue weighted by Crippen LogP contribution is -2.22. The van der Waals surface area contributed by atoms with Crippen LogP contribution in [-0.4, -0.2) is 36.7 Å². The highest BCUT2D eigenvalue weighted by Crippen LogP contribution is 2.66.